The Balaban J connectivity index is 1.78. The first-order chi connectivity index (χ1) is 8.75. The number of para-hydroxylation sites is 1. The second kappa shape index (κ2) is 4.61. The average Bonchev–Trinajstić information content (AvgIpc) is 2.82. The topological polar surface area (TPSA) is 55.6 Å². The van der Waals surface area contributed by atoms with Crippen LogP contribution >= 0.6 is 0 Å². The van der Waals surface area contributed by atoms with Gasteiger partial charge in [-0.3, -0.25) is 4.79 Å². The van der Waals surface area contributed by atoms with E-state index in [-0.39, 0.29) is 17.9 Å². The molecule has 0 saturated carbocycles. The summed E-state index contributed by atoms with van der Waals surface area (Å²) in [5.74, 6) is 0.860. The van der Waals surface area contributed by atoms with Gasteiger partial charge in [0.2, 0.25) is 5.91 Å². The normalized spacial score (nSPS) is 26.6. The third-order valence-electron chi connectivity index (χ3n) is 3.77. The van der Waals surface area contributed by atoms with Crippen LogP contribution in [0.3, 0.4) is 0 Å². The molecule has 0 bridgehead atoms. The van der Waals surface area contributed by atoms with Crippen molar-refractivity contribution in [2.45, 2.75) is 24.8 Å². The van der Waals surface area contributed by atoms with Crippen LogP contribution in [0.2, 0.25) is 0 Å². The molecule has 0 radical (unpaired) electrons. The molecule has 1 saturated heterocycles. The molecule has 2 N–H and O–H groups in total. The molecule has 2 atom stereocenters. The lowest BCUT2D eigenvalue weighted by molar-refractivity contribution is -0.134. The standard InChI is InChI=1S/C14H18N2O2/c15-10-4-3-7-16(8-10)14(17)12-9-18-13-6-2-1-5-11(12)13/h1-2,5-6,10,12H,3-4,7-9,15H2/t10-,12?/m1/s1. The Bertz CT molecular complexity index is 461. The summed E-state index contributed by atoms with van der Waals surface area (Å²) >= 11 is 0. The number of nitrogens with two attached hydrogens (primary N) is 1. The zero-order valence-electron chi connectivity index (χ0n) is 10.3. The van der Waals surface area contributed by atoms with Gasteiger partial charge >= 0.3 is 0 Å². The van der Waals surface area contributed by atoms with E-state index in [1.54, 1.807) is 0 Å². The first kappa shape index (κ1) is 11.5. The SMILES string of the molecule is N[C@@H]1CCCN(C(=O)C2COc3ccccc32)C1. The number of carbonyl (C=O) groups excluding carboxylic acids is 1. The van der Waals surface area contributed by atoms with E-state index in [4.69, 9.17) is 10.5 Å². The highest BCUT2D eigenvalue weighted by molar-refractivity contribution is 5.85. The molecule has 18 heavy (non-hydrogen) atoms. The van der Waals surface area contributed by atoms with Gasteiger partial charge in [-0.15, -0.1) is 0 Å². The van der Waals surface area contributed by atoms with Crippen molar-refractivity contribution in [3.05, 3.63) is 29.8 Å². The maximum atomic E-state index is 12.5. The van der Waals surface area contributed by atoms with Crippen LogP contribution in [0.5, 0.6) is 5.75 Å². The summed E-state index contributed by atoms with van der Waals surface area (Å²) in [5.41, 5.74) is 6.95. The van der Waals surface area contributed by atoms with Gasteiger partial charge in [-0.25, -0.2) is 0 Å². The molecule has 96 valence electrons. The highest BCUT2D eigenvalue weighted by Gasteiger charge is 2.34. The summed E-state index contributed by atoms with van der Waals surface area (Å²) in [4.78, 5) is 14.4. The van der Waals surface area contributed by atoms with Crippen molar-refractivity contribution in [2.24, 2.45) is 5.73 Å². The van der Waals surface area contributed by atoms with E-state index < -0.39 is 0 Å². The van der Waals surface area contributed by atoms with Crippen molar-refractivity contribution in [3.63, 3.8) is 0 Å². The van der Waals surface area contributed by atoms with E-state index in [1.807, 2.05) is 29.2 Å². The predicted molar refractivity (Wildman–Crippen MR) is 68.5 cm³/mol. The first-order valence-corrected chi connectivity index (χ1v) is 6.52. The molecule has 2 aliphatic rings. The van der Waals surface area contributed by atoms with Crippen LogP contribution in [0.15, 0.2) is 24.3 Å². The minimum Gasteiger partial charge on any atom is -0.492 e. The van der Waals surface area contributed by atoms with E-state index in [0.29, 0.717) is 13.2 Å². The number of ether oxygens (including phenoxy) is 1. The van der Waals surface area contributed by atoms with E-state index in [0.717, 1.165) is 30.7 Å². The van der Waals surface area contributed by atoms with Gasteiger partial charge in [-0.05, 0) is 18.9 Å². The van der Waals surface area contributed by atoms with Crippen molar-refractivity contribution in [3.8, 4) is 5.75 Å². The summed E-state index contributed by atoms with van der Waals surface area (Å²) in [6, 6.07) is 7.91. The zero-order valence-corrected chi connectivity index (χ0v) is 10.3. The molecule has 1 unspecified atom stereocenters. The third-order valence-corrected chi connectivity index (χ3v) is 3.77. The van der Waals surface area contributed by atoms with Crippen LogP contribution < -0.4 is 10.5 Å². The average molecular weight is 246 g/mol. The maximum Gasteiger partial charge on any atom is 0.233 e. The van der Waals surface area contributed by atoms with Crippen LogP contribution in [-0.4, -0.2) is 36.5 Å². The van der Waals surface area contributed by atoms with Gasteiger partial charge in [0.25, 0.3) is 0 Å². The lowest BCUT2D eigenvalue weighted by Crippen LogP contribution is -2.47. The summed E-state index contributed by atoms with van der Waals surface area (Å²) in [6.45, 7) is 1.96. The molecule has 1 amide bonds. The molecule has 0 spiro atoms. The fourth-order valence-electron chi connectivity index (χ4n) is 2.80. The number of rotatable bonds is 1. The third kappa shape index (κ3) is 1.97. The molecule has 0 aromatic heterocycles. The number of fused-ring (bicyclic) bond motifs is 1. The number of likely N-dealkylation sites (tertiary alicyclic amines) is 1. The van der Waals surface area contributed by atoms with E-state index in [9.17, 15) is 4.79 Å². The van der Waals surface area contributed by atoms with Crippen LogP contribution in [0, 0.1) is 0 Å². The van der Waals surface area contributed by atoms with Crippen LogP contribution in [-0.2, 0) is 4.79 Å². The second-order valence-corrected chi connectivity index (χ2v) is 5.09. The molecule has 1 aromatic rings. The number of nitrogens with zero attached hydrogens (tertiary/aromatic N) is 1. The molecule has 1 fully saturated rings. The highest BCUT2D eigenvalue weighted by atomic mass is 16.5. The number of amides is 1. The van der Waals surface area contributed by atoms with Gasteiger partial charge in [0.1, 0.15) is 18.3 Å². The Morgan fingerprint density at radius 2 is 2.22 bits per heavy atom. The lowest BCUT2D eigenvalue weighted by atomic mass is 9.98. The summed E-state index contributed by atoms with van der Waals surface area (Å²) < 4.78 is 5.57. The predicted octanol–water partition coefficient (Wildman–Crippen LogP) is 1.11. The lowest BCUT2D eigenvalue weighted by Gasteiger charge is -2.32. The Hall–Kier alpha value is -1.55. The van der Waals surface area contributed by atoms with Crippen molar-refractivity contribution >= 4 is 5.91 Å². The quantitative estimate of drug-likeness (QED) is 0.807. The van der Waals surface area contributed by atoms with Gasteiger partial charge in [0.05, 0.1) is 0 Å². The largest absolute Gasteiger partial charge is 0.492 e. The van der Waals surface area contributed by atoms with Gasteiger partial charge in [-0.2, -0.15) is 0 Å². The molecule has 2 heterocycles. The maximum absolute atomic E-state index is 12.5. The summed E-state index contributed by atoms with van der Waals surface area (Å²) in [7, 11) is 0. The van der Waals surface area contributed by atoms with Crippen molar-refractivity contribution < 1.29 is 9.53 Å². The molecule has 2 aliphatic heterocycles. The molecule has 1 aromatic carbocycles. The van der Waals surface area contributed by atoms with Gasteiger partial charge in [0.15, 0.2) is 0 Å². The van der Waals surface area contributed by atoms with E-state index >= 15 is 0 Å². The fourth-order valence-corrected chi connectivity index (χ4v) is 2.80. The van der Waals surface area contributed by atoms with Crippen LogP contribution in [0.25, 0.3) is 0 Å². The Morgan fingerprint density at radius 1 is 1.39 bits per heavy atom. The second-order valence-electron chi connectivity index (χ2n) is 5.09. The van der Waals surface area contributed by atoms with Crippen LogP contribution in [0.4, 0.5) is 0 Å². The van der Waals surface area contributed by atoms with Crippen molar-refractivity contribution in [2.75, 3.05) is 19.7 Å². The Morgan fingerprint density at radius 3 is 3.06 bits per heavy atom. The van der Waals surface area contributed by atoms with Crippen LogP contribution in [0.1, 0.15) is 24.3 Å². The van der Waals surface area contributed by atoms with Gasteiger partial charge in [0, 0.05) is 24.7 Å². The molecule has 4 heteroatoms. The number of benzene rings is 1. The number of carbonyl (C=O) groups is 1. The number of hydrogen-bond acceptors (Lipinski definition) is 3. The van der Waals surface area contributed by atoms with Crippen molar-refractivity contribution in [1.82, 2.24) is 4.90 Å². The van der Waals surface area contributed by atoms with Crippen molar-refractivity contribution in [1.29, 1.82) is 0 Å². The molecule has 4 nitrogen and oxygen atoms in total. The first-order valence-electron chi connectivity index (χ1n) is 6.52. The van der Waals surface area contributed by atoms with Gasteiger partial charge < -0.3 is 15.4 Å². The fraction of sp³-hybridized carbons (Fsp3) is 0.500. The zero-order chi connectivity index (χ0) is 12.5. The Kier molecular flexibility index (Phi) is 2.96. The highest BCUT2D eigenvalue weighted by Crippen LogP contribution is 2.34. The molecular formula is C14H18N2O2. The van der Waals surface area contributed by atoms with E-state index in [1.165, 1.54) is 0 Å². The minimum atomic E-state index is -0.147. The smallest absolute Gasteiger partial charge is 0.233 e. The monoisotopic (exact) mass is 246 g/mol. The minimum absolute atomic E-state index is 0.125. The Labute approximate surface area is 107 Å². The number of hydrogen-bond donors (Lipinski definition) is 1. The summed E-state index contributed by atoms with van der Waals surface area (Å²) in [6.07, 6.45) is 2.02. The summed E-state index contributed by atoms with van der Waals surface area (Å²) in [5, 5.41) is 0. The molecule has 0 aliphatic carbocycles. The molecule has 3 rings (SSSR count). The molecular weight excluding hydrogens is 228 g/mol. The number of piperidine rings is 1. The van der Waals surface area contributed by atoms with E-state index in [2.05, 4.69) is 0 Å². The van der Waals surface area contributed by atoms with Gasteiger partial charge in [-0.1, -0.05) is 18.2 Å².